The lowest BCUT2D eigenvalue weighted by molar-refractivity contribution is -0.729. The van der Waals surface area contributed by atoms with Crippen molar-refractivity contribution >= 4 is 11.6 Å². The second kappa shape index (κ2) is 2.80. The van der Waals surface area contributed by atoms with Gasteiger partial charge in [0, 0.05) is 6.07 Å². The van der Waals surface area contributed by atoms with Crippen LogP contribution in [0.15, 0.2) is 24.5 Å². The normalized spacial score (nSPS) is 9.56. The molecule has 2 nitrogen and oxygen atoms in total. The lowest BCUT2D eigenvalue weighted by atomic mass is 10.5. The molecule has 0 aliphatic carbocycles. The highest BCUT2D eigenvalue weighted by Crippen LogP contribution is 2.00. The summed E-state index contributed by atoms with van der Waals surface area (Å²) in [5.74, 6) is 0. The van der Waals surface area contributed by atoms with E-state index in [1.54, 1.807) is 29.1 Å². The Balaban J connectivity index is 2.94. The Morgan fingerprint density at radius 1 is 1.67 bits per heavy atom. The first-order valence-electron chi connectivity index (χ1n) is 2.58. The van der Waals surface area contributed by atoms with Crippen molar-refractivity contribution in [2.24, 2.45) is 0 Å². The highest BCUT2D eigenvalue weighted by Gasteiger charge is 1.95. The minimum absolute atomic E-state index is 0.0272. The molecule has 0 atom stereocenters. The number of hydrogen-bond acceptors (Lipinski definition) is 1. The van der Waals surface area contributed by atoms with Gasteiger partial charge in [-0.2, -0.15) is 4.57 Å². The Bertz CT molecular complexity index is 202. The Kier molecular flexibility index (Phi) is 2.03. The fraction of sp³-hybridized carbons (Fsp3) is 0.167. The van der Waals surface area contributed by atoms with Crippen molar-refractivity contribution in [3.05, 3.63) is 29.5 Å². The van der Waals surface area contributed by atoms with Gasteiger partial charge in [-0.1, -0.05) is 11.6 Å². The van der Waals surface area contributed by atoms with Crippen molar-refractivity contribution < 1.29 is 9.67 Å². The summed E-state index contributed by atoms with van der Waals surface area (Å²) in [5, 5.41) is 9.20. The summed E-state index contributed by atoms with van der Waals surface area (Å²) in [7, 11) is 0. The molecule has 1 heterocycles. The van der Waals surface area contributed by atoms with Crippen LogP contribution in [0.2, 0.25) is 5.02 Å². The van der Waals surface area contributed by atoms with Gasteiger partial charge < -0.3 is 5.11 Å². The maximum absolute atomic E-state index is 8.57. The van der Waals surface area contributed by atoms with Crippen LogP contribution in [0.25, 0.3) is 0 Å². The van der Waals surface area contributed by atoms with Crippen molar-refractivity contribution in [1.29, 1.82) is 0 Å². The molecule has 3 heteroatoms. The van der Waals surface area contributed by atoms with E-state index in [1.807, 2.05) is 0 Å². The molecule has 0 aliphatic heterocycles. The van der Waals surface area contributed by atoms with E-state index in [9.17, 15) is 0 Å². The van der Waals surface area contributed by atoms with E-state index < -0.39 is 0 Å². The first kappa shape index (κ1) is 6.52. The number of pyridine rings is 1. The average molecular weight is 145 g/mol. The number of hydrogen-bond donors (Lipinski definition) is 1. The zero-order valence-corrected chi connectivity index (χ0v) is 5.54. The molecule has 9 heavy (non-hydrogen) atoms. The Labute approximate surface area is 58.3 Å². The molecule has 0 spiro atoms. The van der Waals surface area contributed by atoms with E-state index in [1.165, 1.54) is 0 Å². The van der Waals surface area contributed by atoms with Gasteiger partial charge in [-0.25, -0.2) is 0 Å². The molecule has 0 amide bonds. The summed E-state index contributed by atoms with van der Waals surface area (Å²) in [4.78, 5) is 0. The van der Waals surface area contributed by atoms with Crippen molar-refractivity contribution in [3.63, 3.8) is 0 Å². The van der Waals surface area contributed by atoms with Gasteiger partial charge in [0.15, 0.2) is 12.4 Å². The number of halogens is 1. The Morgan fingerprint density at radius 3 is 2.89 bits per heavy atom. The summed E-state index contributed by atoms with van der Waals surface area (Å²) in [6.45, 7) is -0.0272. The number of nitrogens with zero attached hydrogens (tertiary/aromatic N) is 1. The molecule has 0 aromatic carbocycles. The Hall–Kier alpha value is -0.600. The first-order valence-corrected chi connectivity index (χ1v) is 2.96. The molecule has 1 rings (SSSR count). The molecule has 0 aliphatic rings. The summed E-state index contributed by atoms with van der Waals surface area (Å²) in [5.41, 5.74) is 0. The van der Waals surface area contributed by atoms with E-state index in [-0.39, 0.29) is 6.73 Å². The smallest absolute Gasteiger partial charge is 0.250 e. The van der Waals surface area contributed by atoms with Gasteiger partial charge in [0.25, 0.3) is 0 Å². The maximum Gasteiger partial charge on any atom is 0.250 e. The zero-order chi connectivity index (χ0) is 6.69. The van der Waals surface area contributed by atoms with Crippen LogP contribution in [0.5, 0.6) is 0 Å². The fourth-order valence-corrected chi connectivity index (χ4v) is 0.776. The van der Waals surface area contributed by atoms with Crippen LogP contribution in [0.4, 0.5) is 0 Å². The third kappa shape index (κ3) is 1.66. The number of aliphatic hydroxyl groups excluding tert-OH is 1. The first-order chi connectivity index (χ1) is 4.33. The summed E-state index contributed by atoms with van der Waals surface area (Å²) in [6.07, 6.45) is 3.40. The highest BCUT2D eigenvalue weighted by molar-refractivity contribution is 6.30. The van der Waals surface area contributed by atoms with E-state index in [0.717, 1.165) is 0 Å². The highest BCUT2D eigenvalue weighted by atomic mass is 35.5. The molecule has 0 saturated heterocycles. The lowest BCUT2D eigenvalue weighted by Crippen LogP contribution is -2.32. The third-order valence-electron chi connectivity index (χ3n) is 0.985. The van der Waals surface area contributed by atoms with E-state index >= 15 is 0 Å². The van der Waals surface area contributed by atoms with Gasteiger partial charge >= 0.3 is 0 Å². The van der Waals surface area contributed by atoms with Crippen molar-refractivity contribution in [2.45, 2.75) is 6.73 Å². The van der Waals surface area contributed by atoms with Crippen LogP contribution in [0.1, 0.15) is 0 Å². The number of aromatic nitrogens is 1. The average Bonchev–Trinajstić information content (AvgIpc) is 1.88. The molecule has 1 N–H and O–H groups in total. The standard InChI is InChI=1S/C6H7ClNO/c7-6-2-1-3-8(4-6)5-9/h1-4,9H,5H2/q+1. The third-order valence-corrected chi connectivity index (χ3v) is 1.21. The number of rotatable bonds is 1. The molecule has 0 saturated carbocycles. The van der Waals surface area contributed by atoms with Crippen LogP contribution in [0.3, 0.4) is 0 Å². The molecule has 0 unspecified atom stereocenters. The minimum atomic E-state index is -0.0272. The predicted molar refractivity (Wildman–Crippen MR) is 33.9 cm³/mol. The van der Waals surface area contributed by atoms with Gasteiger partial charge in [0.2, 0.25) is 6.73 Å². The molecule has 1 aromatic rings. The molecular weight excluding hydrogens is 138 g/mol. The van der Waals surface area contributed by atoms with E-state index in [4.69, 9.17) is 16.7 Å². The van der Waals surface area contributed by atoms with Gasteiger partial charge in [-0.15, -0.1) is 0 Å². The topological polar surface area (TPSA) is 24.1 Å². The summed E-state index contributed by atoms with van der Waals surface area (Å²) >= 11 is 5.59. The molecule has 0 bridgehead atoms. The van der Waals surface area contributed by atoms with Crippen LogP contribution in [-0.2, 0) is 6.73 Å². The van der Waals surface area contributed by atoms with Crippen LogP contribution >= 0.6 is 11.6 Å². The predicted octanol–water partition coefficient (Wildman–Crippen LogP) is 0.577. The monoisotopic (exact) mass is 144 g/mol. The van der Waals surface area contributed by atoms with E-state index in [2.05, 4.69) is 0 Å². The molecule has 0 fully saturated rings. The molecule has 1 aromatic heterocycles. The van der Waals surface area contributed by atoms with Gasteiger partial charge in [0.05, 0.1) is 0 Å². The molecule has 48 valence electrons. The largest absolute Gasteiger partial charge is 0.339 e. The van der Waals surface area contributed by atoms with Gasteiger partial charge in [-0.05, 0) is 6.07 Å². The van der Waals surface area contributed by atoms with Crippen molar-refractivity contribution in [2.75, 3.05) is 0 Å². The lowest BCUT2D eigenvalue weighted by Gasteiger charge is -1.87. The van der Waals surface area contributed by atoms with Gasteiger partial charge in [-0.3, -0.25) is 0 Å². The molecule has 0 radical (unpaired) electrons. The second-order valence-corrected chi connectivity index (χ2v) is 2.11. The quantitative estimate of drug-likeness (QED) is 0.573. The zero-order valence-electron chi connectivity index (χ0n) is 4.79. The minimum Gasteiger partial charge on any atom is -0.339 e. The van der Waals surface area contributed by atoms with E-state index in [0.29, 0.717) is 5.02 Å². The molecular formula is C6H7ClNO+. The Morgan fingerprint density at radius 2 is 2.44 bits per heavy atom. The van der Waals surface area contributed by atoms with Crippen LogP contribution in [-0.4, -0.2) is 5.11 Å². The fourth-order valence-electron chi connectivity index (χ4n) is 0.578. The van der Waals surface area contributed by atoms with Crippen molar-refractivity contribution in [1.82, 2.24) is 0 Å². The second-order valence-electron chi connectivity index (χ2n) is 1.68. The van der Waals surface area contributed by atoms with Gasteiger partial charge in [0.1, 0.15) is 5.02 Å². The van der Waals surface area contributed by atoms with Crippen molar-refractivity contribution in [3.8, 4) is 0 Å². The SMILES string of the molecule is OC[n+]1cccc(Cl)c1. The van der Waals surface area contributed by atoms with Crippen LogP contribution in [0, 0.1) is 0 Å². The number of aliphatic hydroxyl groups is 1. The maximum atomic E-state index is 8.57. The summed E-state index contributed by atoms with van der Waals surface area (Å²) in [6, 6.07) is 3.53. The summed E-state index contributed by atoms with van der Waals surface area (Å²) < 4.78 is 1.59. The van der Waals surface area contributed by atoms with Crippen LogP contribution < -0.4 is 4.57 Å².